The van der Waals surface area contributed by atoms with E-state index in [9.17, 15) is 9.59 Å². The first kappa shape index (κ1) is 17.5. The van der Waals surface area contributed by atoms with E-state index in [-0.39, 0.29) is 24.0 Å². The van der Waals surface area contributed by atoms with Gasteiger partial charge >= 0.3 is 0 Å². The third-order valence-corrected chi connectivity index (χ3v) is 5.40. The third-order valence-electron chi connectivity index (χ3n) is 5.40. The Morgan fingerprint density at radius 2 is 2.12 bits per heavy atom. The predicted molar refractivity (Wildman–Crippen MR) is 95.6 cm³/mol. The van der Waals surface area contributed by atoms with Crippen LogP contribution in [-0.4, -0.2) is 55.2 Å². The van der Waals surface area contributed by atoms with Gasteiger partial charge in [-0.3, -0.25) is 9.59 Å². The van der Waals surface area contributed by atoms with Gasteiger partial charge in [0.2, 0.25) is 5.91 Å². The maximum atomic E-state index is 12.4. The minimum absolute atomic E-state index is 0.00137. The van der Waals surface area contributed by atoms with Crippen LogP contribution in [0.4, 0.5) is 0 Å². The van der Waals surface area contributed by atoms with E-state index in [1.807, 2.05) is 24.3 Å². The molecule has 3 aliphatic rings. The van der Waals surface area contributed by atoms with Gasteiger partial charge in [0.1, 0.15) is 6.10 Å². The van der Waals surface area contributed by atoms with Crippen LogP contribution < -0.4 is 5.32 Å². The molecule has 140 valence electrons. The topological polar surface area (TPSA) is 67.9 Å². The van der Waals surface area contributed by atoms with Crippen LogP contribution in [0, 0.1) is 5.92 Å². The zero-order valence-corrected chi connectivity index (χ0v) is 15.0. The van der Waals surface area contributed by atoms with Crippen molar-refractivity contribution in [2.24, 2.45) is 5.92 Å². The van der Waals surface area contributed by atoms with E-state index >= 15 is 0 Å². The molecule has 0 unspecified atom stereocenters. The molecule has 0 bridgehead atoms. The lowest BCUT2D eigenvalue weighted by atomic mass is 10.1. The summed E-state index contributed by atoms with van der Waals surface area (Å²) < 4.78 is 11.5. The largest absolute Gasteiger partial charge is 0.379 e. The maximum Gasteiger partial charge on any atom is 0.254 e. The third kappa shape index (κ3) is 4.07. The normalized spacial score (nSPS) is 25.2. The van der Waals surface area contributed by atoms with Gasteiger partial charge in [-0.2, -0.15) is 0 Å². The monoisotopic (exact) mass is 358 g/mol. The standard InChI is InChI=1S/C20H26N2O4/c23-19(7-9-22-11-15-3-1-2-4-16(15)20(22)24)21-17-8-10-25-13-18(17)26-12-14-5-6-14/h1-4,14,17-18H,5-13H2,(H,21,23)/t17-,18-/m1/s1. The van der Waals surface area contributed by atoms with Crippen molar-refractivity contribution in [3.05, 3.63) is 35.4 Å². The molecule has 2 amide bonds. The predicted octanol–water partition coefficient (Wildman–Crippen LogP) is 1.73. The second kappa shape index (κ2) is 7.76. The molecule has 1 N–H and O–H groups in total. The zero-order chi connectivity index (χ0) is 17.9. The Morgan fingerprint density at radius 3 is 2.92 bits per heavy atom. The van der Waals surface area contributed by atoms with Crippen molar-refractivity contribution in [2.75, 3.05) is 26.4 Å². The van der Waals surface area contributed by atoms with Gasteiger partial charge < -0.3 is 19.7 Å². The second-order valence-electron chi connectivity index (χ2n) is 7.49. The number of hydrogen-bond donors (Lipinski definition) is 1. The molecule has 1 saturated heterocycles. The molecule has 6 nitrogen and oxygen atoms in total. The molecule has 2 fully saturated rings. The first-order valence-electron chi connectivity index (χ1n) is 9.56. The molecule has 2 heterocycles. The molecule has 1 aliphatic carbocycles. The number of benzene rings is 1. The average Bonchev–Trinajstić information content (AvgIpc) is 3.43. The molecule has 1 aromatic rings. The molecular weight excluding hydrogens is 332 g/mol. The maximum absolute atomic E-state index is 12.4. The first-order valence-corrected chi connectivity index (χ1v) is 9.56. The highest BCUT2D eigenvalue weighted by molar-refractivity contribution is 5.98. The van der Waals surface area contributed by atoms with Crippen LogP contribution in [0.15, 0.2) is 24.3 Å². The van der Waals surface area contributed by atoms with Gasteiger partial charge in [-0.1, -0.05) is 18.2 Å². The van der Waals surface area contributed by atoms with Gasteiger partial charge in [0.05, 0.1) is 12.6 Å². The van der Waals surface area contributed by atoms with Crippen LogP contribution in [0.3, 0.4) is 0 Å². The van der Waals surface area contributed by atoms with Crippen LogP contribution >= 0.6 is 0 Å². The summed E-state index contributed by atoms with van der Waals surface area (Å²) in [6.07, 6.45) is 3.51. The van der Waals surface area contributed by atoms with Crippen LogP contribution in [0.25, 0.3) is 0 Å². The average molecular weight is 358 g/mol. The summed E-state index contributed by atoms with van der Waals surface area (Å²) in [5.74, 6) is 0.682. The summed E-state index contributed by atoms with van der Waals surface area (Å²) in [5, 5.41) is 3.09. The number of carbonyl (C=O) groups excluding carboxylic acids is 2. The number of carbonyl (C=O) groups is 2. The van der Waals surface area contributed by atoms with Crippen molar-refractivity contribution in [3.8, 4) is 0 Å². The summed E-state index contributed by atoms with van der Waals surface area (Å²) in [7, 11) is 0. The lowest BCUT2D eigenvalue weighted by Gasteiger charge is -2.32. The minimum Gasteiger partial charge on any atom is -0.379 e. The fourth-order valence-corrected chi connectivity index (χ4v) is 3.60. The minimum atomic E-state index is -0.0639. The lowest BCUT2D eigenvalue weighted by molar-refractivity contribution is -0.126. The molecule has 26 heavy (non-hydrogen) atoms. The van der Waals surface area contributed by atoms with Gasteiger partial charge in [-0.25, -0.2) is 0 Å². The van der Waals surface area contributed by atoms with Gasteiger partial charge in [0, 0.05) is 38.3 Å². The van der Waals surface area contributed by atoms with Gasteiger partial charge in [-0.05, 0) is 36.8 Å². The Balaban J connectivity index is 1.25. The summed E-state index contributed by atoms with van der Waals surface area (Å²) in [6, 6.07) is 7.63. The Morgan fingerprint density at radius 1 is 1.27 bits per heavy atom. The number of ether oxygens (including phenoxy) is 2. The Hall–Kier alpha value is -1.92. The highest BCUT2D eigenvalue weighted by atomic mass is 16.5. The Kier molecular flexibility index (Phi) is 5.22. The number of rotatable bonds is 7. The van der Waals surface area contributed by atoms with Gasteiger partial charge in [0.25, 0.3) is 5.91 Å². The quantitative estimate of drug-likeness (QED) is 0.806. The van der Waals surface area contributed by atoms with E-state index in [1.165, 1.54) is 12.8 Å². The molecule has 6 heteroatoms. The summed E-state index contributed by atoms with van der Waals surface area (Å²) in [4.78, 5) is 26.5. The molecule has 0 radical (unpaired) electrons. The van der Waals surface area contributed by atoms with E-state index in [2.05, 4.69) is 5.32 Å². The molecule has 1 aromatic carbocycles. The van der Waals surface area contributed by atoms with Crippen molar-refractivity contribution in [1.29, 1.82) is 0 Å². The van der Waals surface area contributed by atoms with E-state index in [0.717, 1.165) is 24.2 Å². The number of amides is 2. The SMILES string of the molecule is O=C(CCN1Cc2ccccc2C1=O)N[C@@H]1CCOC[C@H]1OCC1CC1. The summed E-state index contributed by atoms with van der Waals surface area (Å²) in [6.45, 7) is 2.98. The van der Waals surface area contributed by atoms with E-state index in [1.54, 1.807) is 4.90 Å². The van der Waals surface area contributed by atoms with Crippen molar-refractivity contribution in [3.63, 3.8) is 0 Å². The van der Waals surface area contributed by atoms with Crippen molar-refractivity contribution < 1.29 is 19.1 Å². The lowest BCUT2D eigenvalue weighted by Crippen LogP contribution is -2.50. The van der Waals surface area contributed by atoms with E-state index in [0.29, 0.717) is 38.6 Å². The molecule has 4 rings (SSSR count). The Bertz CT molecular complexity index is 674. The molecule has 2 atom stereocenters. The molecule has 0 aromatic heterocycles. The molecule has 2 aliphatic heterocycles. The zero-order valence-electron chi connectivity index (χ0n) is 15.0. The summed E-state index contributed by atoms with van der Waals surface area (Å²) in [5.41, 5.74) is 1.79. The van der Waals surface area contributed by atoms with Crippen LogP contribution in [0.2, 0.25) is 0 Å². The molecular formula is C20H26N2O4. The van der Waals surface area contributed by atoms with Crippen molar-refractivity contribution in [1.82, 2.24) is 10.2 Å². The van der Waals surface area contributed by atoms with Gasteiger partial charge in [-0.15, -0.1) is 0 Å². The van der Waals surface area contributed by atoms with E-state index in [4.69, 9.17) is 9.47 Å². The number of hydrogen-bond acceptors (Lipinski definition) is 4. The smallest absolute Gasteiger partial charge is 0.254 e. The first-order chi connectivity index (χ1) is 12.7. The van der Waals surface area contributed by atoms with Crippen LogP contribution in [0.1, 0.15) is 41.6 Å². The van der Waals surface area contributed by atoms with E-state index < -0.39 is 0 Å². The van der Waals surface area contributed by atoms with Crippen molar-refractivity contribution in [2.45, 2.75) is 44.4 Å². The van der Waals surface area contributed by atoms with Crippen LogP contribution in [-0.2, 0) is 20.8 Å². The molecule has 1 saturated carbocycles. The van der Waals surface area contributed by atoms with Crippen LogP contribution in [0.5, 0.6) is 0 Å². The van der Waals surface area contributed by atoms with Crippen molar-refractivity contribution >= 4 is 11.8 Å². The highest BCUT2D eigenvalue weighted by Gasteiger charge is 2.31. The second-order valence-corrected chi connectivity index (χ2v) is 7.49. The summed E-state index contributed by atoms with van der Waals surface area (Å²) >= 11 is 0. The highest BCUT2D eigenvalue weighted by Crippen LogP contribution is 2.30. The molecule has 0 spiro atoms. The Labute approximate surface area is 153 Å². The number of nitrogens with zero attached hydrogens (tertiary/aromatic N) is 1. The van der Waals surface area contributed by atoms with Gasteiger partial charge in [0.15, 0.2) is 0 Å². The number of nitrogens with one attached hydrogen (secondary N) is 1. The fraction of sp³-hybridized carbons (Fsp3) is 0.600. The number of fused-ring (bicyclic) bond motifs is 1. The fourth-order valence-electron chi connectivity index (χ4n) is 3.60.